The SMILES string of the molecule is CCC1(C)CCN(C(=O)/C=C/c2cccc([N+](=O)[O-])c2)C1. The van der Waals surface area contributed by atoms with Gasteiger partial charge in [-0.1, -0.05) is 26.0 Å². The van der Waals surface area contributed by atoms with E-state index in [9.17, 15) is 14.9 Å². The molecule has 1 aromatic rings. The molecule has 112 valence electrons. The van der Waals surface area contributed by atoms with Gasteiger partial charge in [0, 0.05) is 31.3 Å². The number of rotatable bonds is 4. The number of carbonyl (C=O) groups excluding carboxylic acids is 1. The number of nitro benzene ring substituents is 1. The Bertz CT molecular complexity index is 583. The number of nitrogens with zero attached hydrogens (tertiary/aromatic N) is 2. The first-order valence-electron chi connectivity index (χ1n) is 7.15. The zero-order valence-corrected chi connectivity index (χ0v) is 12.4. The summed E-state index contributed by atoms with van der Waals surface area (Å²) in [6, 6.07) is 6.26. The first-order valence-corrected chi connectivity index (χ1v) is 7.15. The van der Waals surface area contributed by atoms with Crippen molar-refractivity contribution in [3.63, 3.8) is 0 Å². The summed E-state index contributed by atoms with van der Waals surface area (Å²) in [6.45, 7) is 5.90. The number of benzene rings is 1. The van der Waals surface area contributed by atoms with Crippen LogP contribution in [0.25, 0.3) is 6.08 Å². The molecule has 0 N–H and O–H groups in total. The van der Waals surface area contributed by atoms with Crippen LogP contribution in [0.1, 0.15) is 32.3 Å². The van der Waals surface area contributed by atoms with Gasteiger partial charge in [-0.25, -0.2) is 0 Å². The molecular formula is C16H20N2O3. The lowest BCUT2D eigenvalue weighted by molar-refractivity contribution is -0.384. The maximum absolute atomic E-state index is 12.1. The van der Waals surface area contributed by atoms with E-state index in [4.69, 9.17) is 0 Å². The van der Waals surface area contributed by atoms with E-state index >= 15 is 0 Å². The van der Waals surface area contributed by atoms with E-state index in [1.807, 2.05) is 4.90 Å². The van der Waals surface area contributed by atoms with Gasteiger partial charge in [-0.3, -0.25) is 14.9 Å². The lowest BCUT2D eigenvalue weighted by Crippen LogP contribution is -2.29. The highest BCUT2D eigenvalue weighted by Gasteiger charge is 2.33. The third kappa shape index (κ3) is 3.68. The average Bonchev–Trinajstić information content (AvgIpc) is 2.88. The van der Waals surface area contributed by atoms with Gasteiger partial charge in [-0.2, -0.15) is 0 Å². The highest BCUT2D eigenvalue weighted by molar-refractivity contribution is 5.92. The normalized spacial score (nSPS) is 21.9. The van der Waals surface area contributed by atoms with Crippen molar-refractivity contribution in [1.29, 1.82) is 0 Å². The third-order valence-corrected chi connectivity index (χ3v) is 4.22. The topological polar surface area (TPSA) is 63.5 Å². The Hall–Kier alpha value is -2.17. The highest BCUT2D eigenvalue weighted by atomic mass is 16.6. The third-order valence-electron chi connectivity index (χ3n) is 4.22. The van der Waals surface area contributed by atoms with Crippen molar-refractivity contribution in [3.8, 4) is 0 Å². The van der Waals surface area contributed by atoms with E-state index in [0.29, 0.717) is 5.56 Å². The molecule has 0 aliphatic carbocycles. The van der Waals surface area contributed by atoms with Crippen LogP contribution in [0.5, 0.6) is 0 Å². The second-order valence-corrected chi connectivity index (χ2v) is 5.86. The highest BCUT2D eigenvalue weighted by Crippen LogP contribution is 2.33. The largest absolute Gasteiger partial charge is 0.339 e. The van der Waals surface area contributed by atoms with E-state index in [2.05, 4.69) is 13.8 Å². The van der Waals surface area contributed by atoms with E-state index in [1.54, 1.807) is 18.2 Å². The van der Waals surface area contributed by atoms with Crippen molar-refractivity contribution in [3.05, 3.63) is 46.0 Å². The van der Waals surface area contributed by atoms with Crippen LogP contribution in [0.2, 0.25) is 0 Å². The number of hydrogen-bond acceptors (Lipinski definition) is 3. The van der Waals surface area contributed by atoms with Gasteiger partial charge in [-0.15, -0.1) is 0 Å². The number of amides is 1. The van der Waals surface area contributed by atoms with Crippen molar-refractivity contribution in [1.82, 2.24) is 4.90 Å². The number of likely N-dealkylation sites (tertiary alicyclic amines) is 1. The fourth-order valence-electron chi connectivity index (χ4n) is 2.52. The molecule has 0 radical (unpaired) electrons. The first-order chi connectivity index (χ1) is 9.93. The van der Waals surface area contributed by atoms with E-state index in [0.717, 1.165) is 25.9 Å². The van der Waals surface area contributed by atoms with Gasteiger partial charge in [-0.05, 0) is 29.9 Å². The van der Waals surface area contributed by atoms with Crippen LogP contribution in [-0.2, 0) is 4.79 Å². The molecule has 0 bridgehead atoms. The molecule has 1 atom stereocenters. The smallest absolute Gasteiger partial charge is 0.270 e. The molecule has 21 heavy (non-hydrogen) atoms. The quantitative estimate of drug-likeness (QED) is 0.485. The van der Waals surface area contributed by atoms with Crippen LogP contribution in [-0.4, -0.2) is 28.8 Å². The second kappa shape index (κ2) is 6.08. The van der Waals surface area contributed by atoms with Gasteiger partial charge in [0.15, 0.2) is 0 Å². The molecule has 1 amide bonds. The molecule has 0 saturated carbocycles. The number of hydrogen-bond donors (Lipinski definition) is 0. The number of carbonyl (C=O) groups is 1. The van der Waals surface area contributed by atoms with Crippen molar-refractivity contribution >= 4 is 17.7 Å². The Morgan fingerprint density at radius 3 is 2.90 bits per heavy atom. The molecule has 5 heteroatoms. The second-order valence-electron chi connectivity index (χ2n) is 5.86. The van der Waals surface area contributed by atoms with Crippen molar-refractivity contribution in [2.75, 3.05) is 13.1 Å². The van der Waals surface area contributed by atoms with Crippen LogP contribution in [0.4, 0.5) is 5.69 Å². The molecule has 1 unspecified atom stereocenters. The molecule has 1 fully saturated rings. The number of nitro groups is 1. The van der Waals surface area contributed by atoms with E-state index in [-0.39, 0.29) is 17.0 Å². The molecule has 2 rings (SSSR count). The summed E-state index contributed by atoms with van der Waals surface area (Å²) < 4.78 is 0. The minimum absolute atomic E-state index is 0.0290. The lowest BCUT2D eigenvalue weighted by atomic mass is 9.87. The van der Waals surface area contributed by atoms with E-state index in [1.165, 1.54) is 18.2 Å². The van der Waals surface area contributed by atoms with Gasteiger partial charge in [0.05, 0.1) is 4.92 Å². The predicted octanol–water partition coefficient (Wildman–Crippen LogP) is 3.26. The molecular weight excluding hydrogens is 268 g/mol. The van der Waals surface area contributed by atoms with Crippen LogP contribution >= 0.6 is 0 Å². The molecule has 1 saturated heterocycles. The zero-order chi connectivity index (χ0) is 15.5. The van der Waals surface area contributed by atoms with Crippen LogP contribution in [0, 0.1) is 15.5 Å². The molecule has 0 spiro atoms. The lowest BCUT2D eigenvalue weighted by Gasteiger charge is -2.21. The van der Waals surface area contributed by atoms with Gasteiger partial charge >= 0.3 is 0 Å². The summed E-state index contributed by atoms with van der Waals surface area (Å²) in [5.74, 6) is -0.0290. The standard InChI is InChI=1S/C16H20N2O3/c1-3-16(2)9-10-17(12-16)15(19)8-7-13-5-4-6-14(11-13)18(20)21/h4-8,11H,3,9-10,12H2,1-2H3/b8-7+. The molecule has 1 aliphatic heterocycles. The average molecular weight is 288 g/mol. The van der Waals surface area contributed by atoms with Crippen molar-refractivity contribution in [2.45, 2.75) is 26.7 Å². The predicted molar refractivity (Wildman–Crippen MR) is 81.7 cm³/mol. The Morgan fingerprint density at radius 2 is 2.29 bits per heavy atom. The molecule has 1 aromatic carbocycles. The Labute approximate surface area is 124 Å². The Balaban J connectivity index is 2.03. The maximum atomic E-state index is 12.1. The van der Waals surface area contributed by atoms with Crippen LogP contribution in [0.15, 0.2) is 30.3 Å². The van der Waals surface area contributed by atoms with Crippen LogP contribution in [0.3, 0.4) is 0 Å². The zero-order valence-electron chi connectivity index (χ0n) is 12.4. The van der Waals surface area contributed by atoms with Crippen molar-refractivity contribution < 1.29 is 9.72 Å². The summed E-state index contributed by atoms with van der Waals surface area (Å²) in [6.07, 6.45) is 5.22. The van der Waals surface area contributed by atoms with Gasteiger partial charge in [0.25, 0.3) is 5.69 Å². The summed E-state index contributed by atoms with van der Waals surface area (Å²) in [5, 5.41) is 10.7. The van der Waals surface area contributed by atoms with Gasteiger partial charge in [0.2, 0.25) is 5.91 Å². The minimum atomic E-state index is -0.438. The number of non-ortho nitro benzene ring substituents is 1. The molecule has 1 heterocycles. The summed E-state index contributed by atoms with van der Waals surface area (Å²) in [7, 11) is 0. The Morgan fingerprint density at radius 1 is 1.52 bits per heavy atom. The first kappa shape index (κ1) is 15.2. The molecule has 1 aliphatic rings. The minimum Gasteiger partial charge on any atom is -0.339 e. The maximum Gasteiger partial charge on any atom is 0.270 e. The summed E-state index contributed by atoms with van der Waals surface area (Å²) >= 11 is 0. The van der Waals surface area contributed by atoms with E-state index < -0.39 is 4.92 Å². The van der Waals surface area contributed by atoms with Gasteiger partial charge < -0.3 is 4.90 Å². The Kier molecular flexibility index (Phi) is 4.40. The fourth-order valence-corrected chi connectivity index (χ4v) is 2.52. The summed E-state index contributed by atoms with van der Waals surface area (Å²) in [5.41, 5.74) is 0.911. The monoisotopic (exact) mass is 288 g/mol. The molecule has 0 aromatic heterocycles. The summed E-state index contributed by atoms with van der Waals surface area (Å²) in [4.78, 5) is 24.3. The van der Waals surface area contributed by atoms with Gasteiger partial charge in [0.1, 0.15) is 0 Å². The van der Waals surface area contributed by atoms with Crippen molar-refractivity contribution in [2.24, 2.45) is 5.41 Å². The molecule has 5 nitrogen and oxygen atoms in total. The van der Waals surface area contributed by atoms with Crippen LogP contribution < -0.4 is 0 Å². The fraction of sp³-hybridized carbons (Fsp3) is 0.438.